The third kappa shape index (κ3) is 2.51. The summed E-state index contributed by atoms with van der Waals surface area (Å²) in [5, 5.41) is 0. The summed E-state index contributed by atoms with van der Waals surface area (Å²) >= 11 is 0. The molecule has 3 nitrogen and oxygen atoms in total. The van der Waals surface area contributed by atoms with Crippen LogP contribution < -0.4 is 5.73 Å². The topological polar surface area (TPSA) is 38.5 Å². The van der Waals surface area contributed by atoms with Crippen molar-refractivity contribution in [2.75, 3.05) is 19.7 Å². The number of likely N-dealkylation sites (tertiary alicyclic amines) is 1. The minimum atomic E-state index is -0.0246. The van der Waals surface area contributed by atoms with E-state index in [0.717, 1.165) is 31.9 Å². The number of nitrogens with two attached hydrogens (primary N) is 1. The van der Waals surface area contributed by atoms with Crippen molar-refractivity contribution in [1.82, 2.24) is 4.90 Å². The average molecular weight is 240 g/mol. The predicted octanol–water partition coefficient (Wildman–Crippen LogP) is 2.00. The van der Waals surface area contributed by atoms with Gasteiger partial charge in [-0.3, -0.25) is 4.90 Å². The third-order valence-corrected chi connectivity index (χ3v) is 4.59. The van der Waals surface area contributed by atoms with Crippen LogP contribution in [0.3, 0.4) is 0 Å². The van der Waals surface area contributed by atoms with E-state index < -0.39 is 0 Å². The van der Waals surface area contributed by atoms with Gasteiger partial charge in [0.05, 0.1) is 5.60 Å². The van der Waals surface area contributed by atoms with Crippen LogP contribution in [0.4, 0.5) is 0 Å². The van der Waals surface area contributed by atoms with Gasteiger partial charge in [0.2, 0.25) is 0 Å². The van der Waals surface area contributed by atoms with Gasteiger partial charge in [0.25, 0.3) is 0 Å². The van der Waals surface area contributed by atoms with E-state index in [-0.39, 0.29) is 11.1 Å². The van der Waals surface area contributed by atoms with Gasteiger partial charge in [-0.15, -0.1) is 0 Å². The lowest BCUT2D eigenvalue weighted by atomic mass is 9.79. The Kier molecular flexibility index (Phi) is 3.54. The minimum Gasteiger partial charge on any atom is -0.375 e. The Morgan fingerprint density at radius 3 is 2.53 bits per heavy atom. The van der Waals surface area contributed by atoms with Gasteiger partial charge in [-0.25, -0.2) is 0 Å². The Labute approximate surface area is 106 Å². The Hall–Kier alpha value is -0.120. The van der Waals surface area contributed by atoms with Gasteiger partial charge in [-0.2, -0.15) is 0 Å². The molecule has 0 spiro atoms. The maximum atomic E-state index is 6.15. The zero-order valence-electron chi connectivity index (χ0n) is 11.8. The van der Waals surface area contributed by atoms with Crippen LogP contribution in [0, 0.1) is 5.92 Å². The number of hydrogen-bond acceptors (Lipinski definition) is 3. The first kappa shape index (κ1) is 13.3. The van der Waals surface area contributed by atoms with E-state index in [0.29, 0.717) is 6.04 Å². The summed E-state index contributed by atoms with van der Waals surface area (Å²) in [6.07, 6.45) is 3.46. The van der Waals surface area contributed by atoms with Crippen LogP contribution in [0.1, 0.15) is 47.0 Å². The first-order valence-electron chi connectivity index (χ1n) is 6.99. The van der Waals surface area contributed by atoms with Gasteiger partial charge in [0.15, 0.2) is 0 Å². The molecule has 2 fully saturated rings. The summed E-state index contributed by atoms with van der Waals surface area (Å²) < 4.78 is 5.86. The van der Waals surface area contributed by atoms with Crippen LogP contribution in [0.2, 0.25) is 0 Å². The normalized spacial score (nSPS) is 42.9. The Bertz CT molecular complexity index is 279. The van der Waals surface area contributed by atoms with Gasteiger partial charge in [-0.1, -0.05) is 6.92 Å². The van der Waals surface area contributed by atoms with E-state index in [1.165, 1.54) is 13.0 Å². The summed E-state index contributed by atoms with van der Waals surface area (Å²) in [5.41, 5.74) is 6.30. The summed E-state index contributed by atoms with van der Waals surface area (Å²) in [7, 11) is 0. The molecule has 0 aliphatic carbocycles. The first-order chi connectivity index (χ1) is 7.88. The van der Waals surface area contributed by atoms with Crippen LogP contribution in [-0.2, 0) is 4.74 Å². The standard InChI is InChI=1S/C14H28N2O/c1-11-7-12(2)16(8-11)14(10-15)5-6-17-13(3,4)9-14/h11-12H,5-10,15H2,1-4H3. The zero-order chi connectivity index (χ0) is 12.7. The maximum Gasteiger partial charge on any atom is 0.0644 e. The molecule has 17 heavy (non-hydrogen) atoms. The molecular formula is C14H28N2O. The summed E-state index contributed by atoms with van der Waals surface area (Å²) in [4.78, 5) is 2.67. The lowest BCUT2D eigenvalue weighted by molar-refractivity contribution is -0.120. The molecule has 0 amide bonds. The Balaban J connectivity index is 2.19. The second-order valence-electron chi connectivity index (χ2n) is 6.81. The van der Waals surface area contributed by atoms with Crippen molar-refractivity contribution in [2.45, 2.75) is 64.1 Å². The van der Waals surface area contributed by atoms with E-state index in [4.69, 9.17) is 10.5 Å². The quantitative estimate of drug-likeness (QED) is 0.802. The molecule has 0 saturated carbocycles. The highest BCUT2D eigenvalue weighted by atomic mass is 16.5. The Morgan fingerprint density at radius 2 is 2.06 bits per heavy atom. The molecule has 2 aliphatic heterocycles. The van der Waals surface area contributed by atoms with Crippen molar-refractivity contribution in [3.8, 4) is 0 Å². The van der Waals surface area contributed by atoms with E-state index in [1.54, 1.807) is 0 Å². The van der Waals surface area contributed by atoms with Gasteiger partial charge in [0, 0.05) is 31.3 Å². The SMILES string of the molecule is CC1CC(C)N(C2(CN)CCOC(C)(C)C2)C1. The highest BCUT2D eigenvalue weighted by Gasteiger charge is 2.47. The van der Waals surface area contributed by atoms with Gasteiger partial charge < -0.3 is 10.5 Å². The highest BCUT2D eigenvalue weighted by molar-refractivity contribution is 5.03. The molecule has 0 aromatic heterocycles. The van der Waals surface area contributed by atoms with Crippen molar-refractivity contribution < 1.29 is 4.74 Å². The maximum absolute atomic E-state index is 6.15. The summed E-state index contributed by atoms with van der Waals surface area (Å²) in [6, 6.07) is 0.669. The van der Waals surface area contributed by atoms with E-state index in [2.05, 4.69) is 32.6 Å². The smallest absolute Gasteiger partial charge is 0.0644 e. The molecular weight excluding hydrogens is 212 g/mol. The lowest BCUT2D eigenvalue weighted by Gasteiger charge is -2.51. The van der Waals surface area contributed by atoms with E-state index in [9.17, 15) is 0 Å². The van der Waals surface area contributed by atoms with Crippen molar-refractivity contribution in [1.29, 1.82) is 0 Å². The molecule has 2 aliphatic rings. The molecule has 0 aromatic rings. The van der Waals surface area contributed by atoms with E-state index in [1.807, 2.05) is 0 Å². The second kappa shape index (κ2) is 4.52. The molecule has 3 atom stereocenters. The number of rotatable bonds is 2. The Morgan fingerprint density at radius 1 is 1.35 bits per heavy atom. The van der Waals surface area contributed by atoms with Crippen LogP contribution in [0.25, 0.3) is 0 Å². The summed E-state index contributed by atoms with van der Waals surface area (Å²) in [6.45, 7) is 11.9. The first-order valence-corrected chi connectivity index (χ1v) is 6.99. The summed E-state index contributed by atoms with van der Waals surface area (Å²) in [5.74, 6) is 0.805. The molecule has 3 heteroatoms. The highest BCUT2D eigenvalue weighted by Crippen LogP contribution is 2.40. The predicted molar refractivity (Wildman–Crippen MR) is 71.0 cm³/mol. The monoisotopic (exact) mass is 240 g/mol. The molecule has 2 N–H and O–H groups in total. The molecule has 0 bridgehead atoms. The second-order valence-corrected chi connectivity index (χ2v) is 6.81. The zero-order valence-corrected chi connectivity index (χ0v) is 11.8. The van der Waals surface area contributed by atoms with Crippen molar-refractivity contribution in [3.63, 3.8) is 0 Å². The van der Waals surface area contributed by atoms with Crippen LogP contribution in [0.5, 0.6) is 0 Å². The van der Waals surface area contributed by atoms with Crippen molar-refractivity contribution in [2.24, 2.45) is 11.7 Å². The van der Waals surface area contributed by atoms with Crippen LogP contribution in [0.15, 0.2) is 0 Å². The van der Waals surface area contributed by atoms with E-state index >= 15 is 0 Å². The number of ether oxygens (including phenoxy) is 1. The fraction of sp³-hybridized carbons (Fsp3) is 1.00. The minimum absolute atomic E-state index is 0.0246. The van der Waals surface area contributed by atoms with Crippen LogP contribution in [-0.4, -0.2) is 41.8 Å². The average Bonchev–Trinajstić information content (AvgIpc) is 2.56. The number of hydrogen-bond donors (Lipinski definition) is 1. The molecule has 3 unspecified atom stereocenters. The molecule has 0 radical (unpaired) electrons. The molecule has 2 rings (SSSR count). The molecule has 2 saturated heterocycles. The fourth-order valence-electron chi connectivity index (χ4n) is 3.95. The molecule has 2 heterocycles. The third-order valence-electron chi connectivity index (χ3n) is 4.59. The van der Waals surface area contributed by atoms with Crippen molar-refractivity contribution >= 4 is 0 Å². The largest absolute Gasteiger partial charge is 0.375 e. The van der Waals surface area contributed by atoms with Crippen molar-refractivity contribution in [3.05, 3.63) is 0 Å². The van der Waals surface area contributed by atoms with Crippen LogP contribution >= 0.6 is 0 Å². The molecule has 0 aromatic carbocycles. The number of nitrogens with zero attached hydrogens (tertiary/aromatic N) is 1. The van der Waals surface area contributed by atoms with Gasteiger partial charge in [0.1, 0.15) is 0 Å². The fourth-order valence-corrected chi connectivity index (χ4v) is 3.95. The lowest BCUT2D eigenvalue weighted by Crippen LogP contribution is -2.61. The van der Waals surface area contributed by atoms with Gasteiger partial charge >= 0.3 is 0 Å². The molecule has 100 valence electrons. The van der Waals surface area contributed by atoms with Gasteiger partial charge in [-0.05, 0) is 46.0 Å².